The number of carboxylic acids is 1. The van der Waals surface area contributed by atoms with Crippen LogP contribution in [0.15, 0.2) is 0 Å². The monoisotopic (exact) mass is 283 g/mol. The van der Waals surface area contributed by atoms with Gasteiger partial charge in [-0.1, -0.05) is 19.3 Å². The lowest BCUT2D eigenvalue weighted by Crippen LogP contribution is -2.32. The van der Waals surface area contributed by atoms with Crippen molar-refractivity contribution < 1.29 is 14.7 Å². The van der Waals surface area contributed by atoms with E-state index in [0.717, 1.165) is 32.5 Å². The Morgan fingerprint density at radius 3 is 2.30 bits per heavy atom. The SMILES string of the molecule is O=C([O-])CCCCCNC(=O)CCN1CCCCCC1. The summed E-state index contributed by atoms with van der Waals surface area (Å²) in [5.41, 5.74) is 0. The molecule has 0 aromatic carbocycles. The van der Waals surface area contributed by atoms with Crippen molar-refractivity contribution in [3.8, 4) is 0 Å². The average Bonchev–Trinajstić information content (AvgIpc) is 2.68. The quantitative estimate of drug-likeness (QED) is 0.632. The van der Waals surface area contributed by atoms with Crippen LogP contribution in [-0.4, -0.2) is 43.0 Å². The number of rotatable bonds is 9. The molecule has 1 aliphatic rings. The standard InChI is InChI=1S/C15H28N2O3/c18-14(16-10-5-3-4-8-15(19)20)9-13-17-11-6-1-2-7-12-17/h1-13H2,(H,16,18)(H,19,20)/p-1. The molecule has 1 fully saturated rings. The first-order valence-electron chi connectivity index (χ1n) is 7.87. The van der Waals surface area contributed by atoms with Gasteiger partial charge in [0.15, 0.2) is 0 Å². The van der Waals surface area contributed by atoms with Crippen LogP contribution in [0.1, 0.15) is 57.8 Å². The Hall–Kier alpha value is -1.10. The van der Waals surface area contributed by atoms with Gasteiger partial charge in [0, 0.05) is 25.5 Å². The average molecular weight is 283 g/mol. The van der Waals surface area contributed by atoms with Gasteiger partial charge in [-0.25, -0.2) is 0 Å². The Balaban J connectivity index is 1.95. The van der Waals surface area contributed by atoms with Gasteiger partial charge in [-0.3, -0.25) is 4.79 Å². The molecule has 0 aromatic rings. The molecule has 0 atom stereocenters. The molecule has 1 heterocycles. The summed E-state index contributed by atoms with van der Waals surface area (Å²) in [6.45, 7) is 3.75. The second-order valence-corrected chi connectivity index (χ2v) is 5.54. The lowest BCUT2D eigenvalue weighted by molar-refractivity contribution is -0.305. The molecule has 0 spiro atoms. The van der Waals surface area contributed by atoms with Gasteiger partial charge in [-0.2, -0.15) is 0 Å². The zero-order valence-corrected chi connectivity index (χ0v) is 12.4. The van der Waals surface area contributed by atoms with E-state index in [9.17, 15) is 14.7 Å². The Kier molecular flexibility index (Phi) is 9.04. The molecule has 116 valence electrons. The van der Waals surface area contributed by atoms with Gasteiger partial charge in [-0.05, 0) is 45.2 Å². The van der Waals surface area contributed by atoms with E-state index in [0.29, 0.717) is 19.4 Å². The van der Waals surface area contributed by atoms with E-state index >= 15 is 0 Å². The molecule has 1 amide bonds. The number of nitrogens with zero attached hydrogens (tertiary/aromatic N) is 1. The molecule has 0 bridgehead atoms. The molecule has 0 radical (unpaired) electrons. The first-order chi connectivity index (χ1) is 9.68. The predicted molar refractivity (Wildman–Crippen MR) is 76.0 cm³/mol. The van der Waals surface area contributed by atoms with Crippen molar-refractivity contribution in [3.63, 3.8) is 0 Å². The van der Waals surface area contributed by atoms with Crippen molar-refractivity contribution in [2.24, 2.45) is 0 Å². The number of hydrogen-bond acceptors (Lipinski definition) is 4. The molecule has 0 unspecified atom stereocenters. The van der Waals surface area contributed by atoms with Gasteiger partial charge in [0.05, 0.1) is 0 Å². The van der Waals surface area contributed by atoms with Crippen LogP contribution in [0.5, 0.6) is 0 Å². The largest absolute Gasteiger partial charge is 0.550 e. The maximum Gasteiger partial charge on any atom is 0.221 e. The van der Waals surface area contributed by atoms with Crippen molar-refractivity contribution in [2.45, 2.75) is 57.8 Å². The van der Waals surface area contributed by atoms with E-state index in [-0.39, 0.29) is 12.3 Å². The van der Waals surface area contributed by atoms with Gasteiger partial charge in [-0.15, -0.1) is 0 Å². The number of aliphatic carboxylic acids is 1. The Morgan fingerprint density at radius 2 is 1.65 bits per heavy atom. The van der Waals surface area contributed by atoms with Gasteiger partial charge in [0.25, 0.3) is 0 Å². The summed E-state index contributed by atoms with van der Waals surface area (Å²) in [6.07, 6.45) is 8.10. The second-order valence-electron chi connectivity index (χ2n) is 5.54. The van der Waals surface area contributed by atoms with Crippen LogP contribution in [0.25, 0.3) is 0 Å². The molecule has 1 saturated heterocycles. The summed E-state index contributed by atoms with van der Waals surface area (Å²) in [7, 11) is 0. The van der Waals surface area contributed by atoms with Crippen molar-refractivity contribution in [2.75, 3.05) is 26.2 Å². The van der Waals surface area contributed by atoms with E-state index in [1.165, 1.54) is 25.7 Å². The van der Waals surface area contributed by atoms with E-state index in [1.807, 2.05) is 0 Å². The van der Waals surface area contributed by atoms with Crippen LogP contribution in [0.4, 0.5) is 0 Å². The second kappa shape index (κ2) is 10.7. The van der Waals surface area contributed by atoms with Gasteiger partial charge < -0.3 is 20.1 Å². The number of amides is 1. The first kappa shape index (κ1) is 17.0. The lowest BCUT2D eigenvalue weighted by Gasteiger charge is -2.19. The molecule has 1 aliphatic heterocycles. The number of nitrogens with one attached hydrogen (secondary N) is 1. The number of carboxylic acid groups (broad SMARTS) is 1. The van der Waals surface area contributed by atoms with Crippen molar-refractivity contribution in [1.82, 2.24) is 10.2 Å². The van der Waals surface area contributed by atoms with Crippen LogP contribution in [0, 0.1) is 0 Å². The summed E-state index contributed by atoms with van der Waals surface area (Å²) < 4.78 is 0. The van der Waals surface area contributed by atoms with Crippen LogP contribution in [0.3, 0.4) is 0 Å². The fraction of sp³-hybridized carbons (Fsp3) is 0.867. The first-order valence-corrected chi connectivity index (χ1v) is 7.87. The third-order valence-electron chi connectivity index (χ3n) is 3.73. The molecule has 0 aliphatic carbocycles. The number of unbranched alkanes of at least 4 members (excludes halogenated alkanes) is 2. The van der Waals surface area contributed by atoms with Gasteiger partial charge in [0.2, 0.25) is 5.91 Å². The highest BCUT2D eigenvalue weighted by Gasteiger charge is 2.10. The predicted octanol–water partition coefficient (Wildman–Crippen LogP) is 0.679. The normalized spacial score (nSPS) is 16.6. The maximum absolute atomic E-state index is 11.7. The van der Waals surface area contributed by atoms with Crippen LogP contribution in [0.2, 0.25) is 0 Å². The highest BCUT2D eigenvalue weighted by molar-refractivity contribution is 5.76. The maximum atomic E-state index is 11.7. The highest BCUT2D eigenvalue weighted by Crippen LogP contribution is 2.09. The van der Waals surface area contributed by atoms with Crippen LogP contribution in [-0.2, 0) is 9.59 Å². The fourth-order valence-corrected chi connectivity index (χ4v) is 2.51. The molecule has 0 aromatic heterocycles. The van der Waals surface area contributed by atoms with E-state index in [2.05, 4.69) is 10.2 Å². The minimum absolute atomic E-state index is 0.106. The summed E-state index contributed by atoms with van der Waals surface area (Å²) in [5.74, 6) is -0.888. The van der Waals surface area contributed by atoms with Gasteiger partial charge in [0.1, 0.15) is 0 Å². The molecule has 20 heavy (non-hydrogen) atoms. The molecular formula is C15H27N2O3-. The molecule has 1 rings (SSSR count). The minimum atomic E-state index is -0.994. The van der Waals surface area contributed by atoms with Gasteiger partial charge >= 0.3 is 0 Å². The number of carbonyl (C=O) groups excluding carboxylic acids is 2. The lowest BCUT2D eigenvalue weighted by atomic mass is 10.2. The zero-order chi connectivity index (χ0) is 14.6. The van der Waals surface area contributed by atoms with E-state index < -0.39 is 5.97 Å². The van der Waals surface area contributed by atoms with Crippen molar-refractivity contribution in [1.29, 1.82) is 0 Å². The Morgan fingerprint density at radius 1 is 0.950 bits per heavy atom. The topological polar surface area (TPSA) is 72.5 Å². The Labute approximate surface area is 121 Å². The third-order valence-corrected chi connectivity index (χ3v) is 3.73. The Bertz CT molecular complexity index is 287. The number of carbonyl (C=O) groups is 2. The van der Waals surface area contributed by atoms with Crippen molar-refractivity contribution >= 4 is 11.9 Å². The summed E-state index contributed by atoms with van der Waals surface area (Å²) in [6, 6.07) is 0. The minimum Gasteiger partial charge on any atom is -0.550 e. The van der Waals surface area contributed by atoms with Crippen LogP contribution < -0.4 is 10.4 Å². The van der Waals surface area contributed by atoms with E-state index in [4.69, 9.17) is 0 Å². The third kappa shape index (κ3) is 8.91. The molecule has 0 saturated carbocycles. The molecular weight excluding hydrogens is 256 g/mol. The van der Waals surface area contributed by atoms with Crippen LogP contribution >= 0.6 is 0 Å². The zero-order valence-electron chi connectivity index (χ0n) is 12.4. The molecule has 5 heteroatoms. The molecule has 5 nitrogen and oxygen atoms in total. The summed E-state index contributed by atoms with van der Waals surface area (Å²) >= 11 is 0. The van der Waals surface area contributed by atoms with E-state index in [1.54, 1.807) is 0 Å². The number of hydrogen-bond donors (Lipinski definition) is 1. The number of likely N-dealkylation sites (tertiary alicyclic amines) is 1. The molecule has 1 N–H and O–H groups in total. The van der Waals surface area contributed by atoms with Crippen molar-refractivity contribution in [3.05, 3.63) is 0 Å². The fourth-order valence-electron chi connectivity index (χ4n) is 2.51. The smallest absolute Gasteiger partial charge is 0.221 e. The highest BCUT2D eigenvalue weighted by atomic mass is 16.4. The summed E-state index contributed by atoms with van der Waals surface area (Å²) in [5, 5.41) is 13.1. The summed E-state index contributed by atoms with van der Waals surface area (Å²) in [4.78, 5) is 24.3.